The van der Waals surface area contributed by atoms with Gasteiger partial charge in [-0.15, -0.1) is 0 Å². The van der Waals surface area contributed by atoms with Gasteiger partial charge in [-0.05, 0) is 88.7 Å². The van der Waals surface area contributed by atoms with E-state index in [2.05, 4.69) is 32.0 Å². The van der Waals surface area contributed by atoms with Crippen molar-refractivity contribution in [3.8, 4) is 0 Å². The minimum Gasteiger partial charge on any atom is -0.207 e. The third-order valence-corrected chi connectivity index (χ3v) is 6.37. The third kappa shape index (κ3) is 3.45. The standard InChI is InChI=1S/C20H18F2S/c1-14-3-4-15(2)20(13-14)23(18-9-5-16(21)6-10-18)19-11-7-17(22)8-12-19/h3-13,23H,1-2H3. The van der Waals surface area contributed by atoms with E-state index in [0.717, 1.165) is 9.79 Å². The van der Waals surface area contributed by atoms with Crippen molar-refractivity contribution in [2.75, 3.05) is 0 Å². The lowest BCUT2D eigenvalue weighted by Gasteiger charge is -2.25. The number of rotatable bonds is 3. The molecule has 3 aromatic rings. The summed E-state index contributed by atoms with van der Waals surface area (Å²) in [4.78, 5) is 3.33. The number of aryl methyl sites for hydroxylation is 2. The van der Waals surface area contributed by atoms with E-state index in [0.29, 0.717) is 0 Å². The highest BCUT2D eigenvalue weighted by Gasteiger charge is 2.15. The lowest BCUT2D eigenvalue weighted by molar-refractivity contribution is 0.626. The topological polar surface area (TPSA) is 0 Å². The van der Waals surface area contributed by atoms with Crippen molar-refractivity contribution in [3.63, 3.8) is 0 Å². The van der Waals surface area contributed by atoms with Gasteiger partial charge in [-0.25, -0.2) is 8.78 Å². The van der Waals surface area contributed by atoms with Gasteiger partial charge in [0.25, 0.3) is 0 Å². The third-order valence-electron chi connectivity index (χ3n) is 3.78. The average Bonchev–Trinajstić information content (AvgIpc) is 2.54. The Labute approximate surface area is 138 Å². The van der Waals surface area contributed by atoms with Crippen LogP contribution in [0.3, 0.4) is 0 Å². The quantitative estimate of drug-likeness (QED) is 0.555. The summed E-state index contributed by atoms with van der Waals surface area (Å²) in [7, 11) is -0.841. The van der Waals surface area contributed by atoms with Gasteiger partial charge in [0.15, 0.2) is 0 Å². The van der Waals surface area contributed by atoms with Crippen molar-refractivity contribution in [2.45, 2.75) is 28.5 Å². The Morgan fingerprint density at radius 1 is 0.652 bits per heavy atom. The van der Waals surface area contributed by atoms with Crippen LogP contribution in [0.2, 0.25) is 0 Å². The highest BCUT2D eigenvalue weighted by molar-refractivity contribution is 8.17. The normalized spacial score (nSPS) is 11.4. The molecule has 0 nitrogen and oxygen atoms in total. The zero-order chi connectivity index (χ0) is 16.4. The molecule has 0 saturated heterocycles. The second kappa shape index (κ2) is 6.55. The molecular weight excluding hydrogens is 310 g/mol. The van der Waals surface area contributed by atoms with E-state index in [-0.39, 0.29) is 11.6 Å². The Balaban J connectivity index is 2.18. The van der Waals surface area contributed by atoms with Gasteiger partial charge in [-0.3, -0.25) is 0 Å². The molecule has 3 rings (SSSR count). The van der Waals surface area contributed by atoms with Gasteiger partial charge >= 0.3 is 0 Å². The zero-order valence-corrected chi connectivity index (χ0v) is 13.9. The highest BCUT2D eigenvalue weighted by Crippen LogP contribution is 2.52. The Kier molecular flexibility index (Phi) is 4.49. The first-order chi connectivity index (χ1) is 11.0. The fourth-order valence-electron chi connectivity index (χ4n) is 2.57. The molecule has 3 heteroatoms. The van der Waals surface area contributed by atoms with E-state index in [1.807, 2.05) is 24.3 Å². The summed E-state index contributed by atoms with van der Waals surface area (Å²) in [6.07, 6.45) is 0. The SMILES string of the molecule is Cc1ccc(C)c([SH](c2ccc(F)cc2)c2ccc(F)cc2)c1. The summed E-state index contributed by atoms with van der Waals surface area (Å²) in [5.41, 5.74) is 2.37. The maximum Gasteiger partial charge on any atom is 0.123 e. The summed E-state index contributed by atoms with van der Waals surface area (Å²) in [6, 6.07) is 19.6. The Morgan fingerprint density at radius 3 is 1.61 bits per heavy atom. The average molecular weight is 328 g/mol. The van der Waals surface area contributed by atoms with Crippen LogP contribution in [-0.4, -0.2) is 0 Å². The van der Waals surface area contributed by atoms with Crippen LogP contribution in [0, 0.1) is 25.5 Å². The number of benzene rings is 3. The fraction of sp³-hybridized carbons (Fsp3) is 0.100. The molecule has 118 valence electrons. The van der Waals surface area contributed by atoms with Gasteiger partial charge in [0.2, 0.25) is 0 Å². The molecule has 0 aliphatic rings. The molecule has 0 aliphatic heterocycles. The van der Waals surface area contributed by atoms with Crippen LogP contribution in [0.15, 0.2) is 81.4 Å². The Morgan fingerprint density at radius 2 is 1.13 bits per heavy atom. The fourth-order valence-corrected chi connectivity index (χ4v) is 5.08. The van der Waals surface area contributed by atoms with Crippen LogP contribution in [0.1, 0.15) is 11.1 Å². The van der Waals surface area contributed by atoms with Crippen molar-refractivity contribution >= 4 is 10.9 Å². The first kappa shape index (κ1) is 15.8. The van der Waals surface area contributed by atoms with Gasteiger partial charge < -0.3 is 0 Å². The monoisotopic (exact) mass is 328 g/mol. The smallest absolute Gasteiger partial charge is 0.123 e. The van der Waals surface area contributed by atoms with Crippen molar-refractivity contribution in [1.29, 1.82) is 0 Å². The molecule has 0 aromatic heterocycles. The van der Waals surface area contributed by atoms with Crippen LogP contribution in [0.5, 0.6) is 0 Å². The maximum atomic E-state index is 13.3. The van der Waals surface area contributed by atoms with E-state index in [4.69, 9.17) is 0 Å². The molecule has 0 N–H and O–H groups in total. The minimum absolute atomic E-state index is 0.247. The van der Waals surface area contributed by atoms with Crippen LogP contribution in [0.4, 0.5) is 8.78 Å². The molecule has 23 heavy (non-hydrogen) atoms. The predicted octanol–water partition coefficient (Wildman–Crippen LogP) is 6.06. The van der Waals surface area contributed by atoms with Gasteiger partial charge in [-0.1, -0.05) is 17.7 Å². The van der Waals surface area contributed by atoms with Gasteiger partial charge in [0.05, 0.1) is 0 Å². The van der Waals surface area contributed by atoms with E-state index >= 15 is 0 Å². The van der Waals surface area contributed by atoms with Crippen LogP contribution in [0.25, 0.3) is 0 Å². The molecule has 0 bridgehead atoms. The molecular formula is C20H18F2S. The molecule has 0 unspecified atom stereocenters. The van der Waals surface area contributed by atoms with Gasteiger partial charge in [0.1, 0.15) is 11.6 Å². The number of hydrogen-bond acceptors (Lipinski definition) is 0. The lowest BCUT2D eigenvalue weighted by Crippen LogP contribution is -1.93. The van der Waals surface area contributed by atoms with Crippen LogP contribution in [-0.2, 0) is 0 Å². The first-order valence-electron chi connectivity index (χ1n) is 7.43. The first-order valence-corrected chi connectivity index (χ1v) is 8.77. The van der Waals surface area contributed by atoms with Gasteiger partial charge in [-0.2, -0.15) is 10.9 Å². The van der Waals surface area contributed by atoms with E-state index < -0.39 is 10.9 Å². The van der Waals surface area contributed by atoms with E-state index in [1.54, 1.807) is 0 Å². The lowest BCUT2D eigenvalue weighted by atomic mass is 10.2. The Bertz CT molecular complexity index is 763. The van der Waals surface area contributed by atoms with Crippen molar-refractivity contribution in [3.05, 3.63) is 89.5 Å². The number of thiol groups is 1. The molecule has 0 heterocycles. The second-order valence-electron chi connectivity index (χ2n) is 5.58. The molecule has 0 saturated carbocycles. The van der Waals surface area contributed by atoms with Crippen molar-refractivity contribution < 1.29 is 8.78 Å². The van der Waals surface area contributed by atoms with E-state index in [9.17, 15) is 8.78 Å². The summed E-state index contributed by atoms with van der Waals surface area (Å²) >= 11 is 0. The maximum absolute atomic E-state index is 13.3. The molecule has 0 fully saturated rings. The summed E-state index contributed by atoms with van der Waals surface area (Å²) in [6.45, 7) is 4.14. The second-order valence-corrected chi connectivity index (χ2v) is 7.76. The van der Waals surface area contributed by atoms with E-state index in [1.165, 1.54) is 40.3 Å². The number of halogens is 2. The van der Waals surface area contributed by atoms with Crippen LogP contribution < -0.4 is 0 Å². The number of hydrogen-bond donors (Lipinski definition) is 1. The molecule has 0 spiro atoms. The molecule has 0 aliphatic carbocycles. The summed E-state index contributed by atoms with van der Waals surface area (Å²) in [5, 5.41) is 0. The largest absolute Gasteiger partial charge is 0.207 e. The Hall–Kier alpha value is -2.13. The zero-order valence-electron chi connectivity index (χ0n) is 13.1. The van der Waals surface area contributed by atoms with Crippen molar-refractivity contribution in [1.82, 2.24) is 0 Å². The molecule has 0 atom stereocenters. The summed E-state index contributed by atoms with van der Waals surface area (Å²) < 4.78 is 26.6. The molecule has 0 radical (unpaired) electrons. The minimum atomic E-state index is -0.841. The predicted molar refractivity (Wildman–Crippen MR) is 92.5 cm³/mol. The summed E-state index contributed by atoms with van der Waals surface area (Å²) in [5.74, 6) is -0.493. The van der Waals surface area contributed by atoms with Gasteiger partial charge in [0, 0.05) is 0 Å². The highest BCUT2D eigenvalue weighted by atomic mass is 32.2. The molecule has 0 amide bonds. The van der Waals surface area contributed by atoms with Crippen molar-refractivity contribution in [2.24, 2.45) is 0 Å². The van der Waals surface area contributed by atoms with Crippen LogP contribution >= 0.6 is 10.9 Å². The molecule has 3 aromatic carbocycles.